The third-order valence-electron chi connectivity index (χ3n) is 7.76. The molecule has 4 N–H and O–H groups in total. The quantitative estimate of drug-likeness (QED) is 0.132. The van der Waals surface area contributed by atoms with Crippen LogP contribution < -0.4 is 4.52 Å². The van der Waals surface area contributed by atoms with E-state index in [4.69, 9.17) is 34.4 Å². The first kappa shape index (κ1) is 30.9. The van der Waals surface area contributed by atoms with Crippen LogP contribution in [0.3, 0.4) is 0 Å². The van der Waals surface area contributed by atoms with Crippen molar-refractivity contribution in [3.05, 3.63) is 91.0 Å². The van der Waals surface area contributed by atoms with Crippen molar-refractivity contribution in [2.75, 3.05) is 0 Å². The molecule has 15 heteroatoms. The van der Waals surface area contributed by atoms with Crippen molar-refractivity contribution in [2.24, 2.45) is 0 Å². The number of H-pyrrole nitrogens is 2. The standard InChI is InChI=1S/C32H19N8O4P.Fe.Li.H/c41-45(42,43)44-23-15-7-14-22-24(23)32-39-30-21-13-6-5-12-20(21)28(37-30)35-26-17-9-2-1-8-16(17)25(33-26)34-27-18-10-3-4-11-19(18)29(36-27)38-31(22)40-32;;;/h1-15H,(H2,41,42,43)(H2,33,34,35,36,37,38,39,40);;;. The maximum absolute atomic E-state index is 12.0. The second-order valence-corrected chi connectivity index (χ2v) is 11.7. The molecule has 4 aromatic carbocycles. The van der Waals surface area contributed by atoms with Crippen LogP contribution in [0.5, 0.6) is 5.75 Å². The summed E-state index contributed by atoms with van der Waals surface area (Å²) in [6.07, 6.45) is 0. The van der Waals surface area contributed by atoms with E-state index < -0.39 is 7.82 Å². The summed E-state index contributed by atoms with van der Waals surface area (Å²) in [5.74, 6) is 1.63. The van der Waals surface area contributed by atoms with E-state index in [1.54, 1.807) is 12.1 Å². The van der Waals surface area contributed by atoms with E-state index >= 15 is 0 Å². The van der Waals surface area contributed by atoms with Crippen LogP contribution in [0, 0.1) is 0 Å². The van der Waals surface area contributed by atoms with Gasteiger partial charge in [0.1, 0.15) is 28.3 Å². The van der Waals surface area contributed by atoms with Gasteiger partial charge in [-0.2, -0.15) is 0 Å². The molecule has 0 fully saturated rings. The average molecular weight is 674 g/mol. The number of phosphoric ester groups is 1. The zero-order chi connectivity index (χ0) is 30.3. The number of phosphoric acid groups is 1. The van der Waals surface area contributed by atoms with Gasteiger partial charge in [0.05, 0.1) is 5.39 Å². The molecule has 3 aromatic heterocycles. The first-order valence-corrected chi connectivity index (χ1v) is 15.4. The zero-order valence-corrected chi connectivity index (χ0v) is 25.4. The van der Waals surface area contributed by atoms with Gasteiger partial charge in [-0.3, -0.25) is 9.79 Å². The Morgan fingerprint density at radius 3 is 1.36 bits per heavy atom. The molecule has 0 amide bonds. The zero-order valence-electron chi connectivity index (χ0n) is 23.4. The summed E-state index contributed by atoms with van der Waals surface area (Å²) in [6, 6.07) is 28.0. The van der Waals surface area contributed by atoms with Crippen molar-refractivity contribution in [2.45, 2.75) is 0 Å². The van der Waals surface area contributed by atoms with Crippen LogP contribution in [0.2, 0.25) is 0 Å². The SMILES string of the molecule is O=P(O)(O)Oc1cccc2c3nc4nc(nc5[nH]c(nc6nc(nc([nH]3)c12)-c1ccccc1-6)c1ccccc51)-c1ccccc1-4.[Fe].[LiH]. The Labute approximate surface area is 287 Å². The minimum atomic E-state index is -4.91. The Bertz CT molecular complexity index is 2620. The van der Waals surface area contributed by atoms with Gasteiger partial charge in [0.15, 0.2) is 23.3 Å². The number of nitrogens with one attached hydrogen (secondary N) is 2. The van der Waals surface area contributed by atoms with E-state index in [9.17, 15) is 14.4 Å². The number of aromatic amines is 2. The van der Waals surface area contributed by atoms with E-state index in [-0.39, 0.29) is 47.3 Å². The van der Waals surface area contributed by atoms with Crippen molar-refractivity contribution in [3.63, 3.8) is 0 Å². The van der Waals surface area contributed by atoms with Gasteiger partial charge in [0.25, 0.3) is 0 Å². The molecular formula is C32H20FeLiN8O4P. The Hall–Kier alpha value is -4.69. The van der Waals surface area contributed by atoms with Gasteiger partial charge in [0.2, 0.25) is 0 Å². The maximum atomic E-state index is 12.0. The topological polar surface area (TPSA) is 176 Å². The molecule has 9 rings (SSSR count). The van der Waals surface area contributed by atoms with Crippen molar-refractivity contribution in [1.82, 2.24) is 39.9 Å². The van der Waals surface area contributed by atoms with Gasteiger partial charge in [-0.05, 0) is 6.07 Å². The number of aromatic nitrogens is 8. The summed E-state index contributed by atoms with van der Waals surface area (Å²) in [5, 5.41) is 2.60. The van der Waals surface area contributed by atoms with Crippen molar-refractivity contribution in [1.29, 1.82) is 0 Å². The van der Waals surface area contributed by atoms with E-state index in [1.807, 2.05) is 72.8 Å². The van der Waals surface area contributed by atoms with Gasteiger partial charge >= 0.3 is 26.7 Å². The van der Waals surface area contributed by atoms with Gasteiger partial charge in [-0.1, -0.05) is 84.9 Å². The number of fused-ring (bicyclic) bond motifs is 20. The Morgan fingerprint density at radius 1 is 0.511 bits per heavy atom. The number of hydrogen-bond donors (Lipinski definition) is 4. The summed E-state index contributed by atoms with van der Waals surface area (Å²) < 4.78 is 17.1. The Kier molecular flexibility index (Phi) is 7.59. The molecule has 5 heterocycles. The fourth-order valence-corrected chi connectivity index (χ4v) is 6.27. The first-order chi connectivity index (χ1) is 21.9. The van der Waals surface area contributed by atoms with E-state index in [0.717, 1.165) is 33.0 Å². The molecule has 12 nitrogen and oxygen atoms in total. The molecule has 226 valence electrons. The second-order valence-electron chi connectivity index (χ2n) is 10.5. The molecule has 2 aliphatic heterocycles. The number of benzene rings is 4. The molecule has 2 aliphatic rings. The van der Waals surface area contributed by atoms with Crippen LogP contribution in [-0.2, 0) is 21.6 Å². The molecular weight excluding hydrogens is 654 g/mol. The summed E-state index contributed by atoms with van der Waals surface area (Å²) in [6.45, 7) is 0. The third kappa shape index (κ3) is 5.15. The monoisotopic (exact) mass is 674 g/mol. The third-order valence-corrected chi connectivity index (χ3v) is 8.19. The number of nitrogens with zero attached hydrogens (tertiary/aromatic N) is 6. The predicted octanol–water partition coefficient (Wildman–Crippen LogP) is 5.69. The van der Waals surface area contributed by atoms with Crippen LogP contribution >= 0.6 is 7.82 Å². The van der Waals surface area contributed by atoms with Crippen molar-refractivity contribution >= 4 is 70.8 Å². The second kappa shape index (κ2) is 11.5. The van der Waals surface area contributed by atoms with Gasteiger partial charge in [0, 0.05) is 55.5 Å². The van der Waals surface area contributed by atoms with Crippen LogP contribution in [0.1, 0.15) is 0 Å². The average Bonchev–Trinajstić information content (AvgIpc) is 3.76. The molecule has 8 bridgehead atoms. The normalized spacial score (nSPS) is 11.8. The molecule has 7 aromatic rings. The van der Waals surface area contributed by atoms with Gasteiger partial charge in [-0.15, -0.1) is 0 Å². The molecule has 0 aliphatic carbocycles. The summed E-state index contributed by atoms with van der Waals surface area (Å²) in [5.41, 5.74) is 4.89. The summed E-state index contributed by atoms with van der Waals surface area (Å²) in [4.78, 5) is 55.4. The number of rotatable bonds is 2. The first-order valence-electron chi connectivity index (χ1n) is 13.9. The van der Waals surface area contributed by atoms with E-state index in [0.29, 0.717) is 51.0 Å². The Balaban J connectivity index is 0.00000176. The predicted molar refractivity (Wildman–Crippen MR) is 176 cm³/mol. The molecule has 47 heavy (non-hydrogen) atoms. The summed E-state index contributed by atoms with van der Waals surface area (Å²) in [7, 11) is -4.91. The molecule has 0 atom stereocenters. The van der Waals surface area contributed by atoms with Crippen molar-refractivity contribution < 1.29 is 35.9 Å². The van der Waals surface area contributed by atoms with E-state index in [1.165, 1.54) is 6.07 Å². The van der Waals surface area contributed by atoms with Crippen LogP contribution in [0.25, 0.3) is 89.7 Å². The van der Waals surface area contributed by atoms with Crippen LogP contribution in [0.15, 0.2) is 91.0 Å². The molecule has 0 unspecified atom stereocenters. The molecule has 0 radical (unpaired) electrons. The fourth-order valence-electron chi connectivity index (χ4n) is 5.86. The van der Waals surface area contributed by atoms with Gasteiger partial charge < -0.3 is 14.5 Å². The van der Waals surface area contributed by atoms with E-state index in [2.05, 4.69) is 9.97 Å². The van der Waals surface area contributed by atoms with Crippen LogP contribution in [0.4, 0.5) is 0 Å². The molecule has 0 spiro atoms. The minimum absolute atomic E-state index is 0. The molecule has 0 saturated carbocycles. The Morgan fingerprint density at radius 2 is 0.894 bits per heavy atom. The van der Waals surface area contributed by atoms with Crippen LogP contribution in [-0.4, -0.2) is 68.5 Å². The van der Waals surface area contributed by atoms with Gasteiger partial charge in [-0.25, -0.2) is 34.5 Å². The fraction of sp³-hybridized carbons (Fsp3) is 0. The number of hydrogen-bond acceptors (Lipinski definition) is 8. The summed E-state index contributed by atoms with van der Waals surface area (Å²) >= 11 is 0. The molecule has 0 saturated heterocycles. The van der Waals surface area contributed by atoms with Crippen molar-refractivity contribution in [3.8, 4) is 51.3 Å².